The number of hydrogen-bond acceptors (Lipinski definition) is 6. The van der Waals surface area contributed by atoms with Gasteiger partial charge in [-0.3, -0.25) is 4.57 Å². The highest BCUT2D eigenvalue weighted by molar-refractivity contribution is 7.98. The number of ether oxygens (including phenoxy) is 1. The lowest BCUT2D eigenvalue weighted by Gasteiger charge is -2.14. The van der Waals surface area contributed by atoms with Crippen LogP contribution in [0.4, 0.5) is 0 Å². The maximum absolute atomic E-state index is 5.90. The molecule has 1 fully saturated rings. The van der Waals surface area contributed by atoms with Crippen molar-refractivity contribution in [2.24, 2.45) is 0 Å². The molecule has 1 atom stereocenters. The zero-order chi connectivity index (χ0) is 18.9. The van der Waals surface area contributed by atoms with Crippen LogP contribution in [0.3, 0.4) is 0 Å². The molecule has 0 aliphatic carbocycles. The molecule has 0 saturated carbocycles. The summed E-state index contributed by atoms with van der Waals surface area (Å²) >= 11 is 3.37. The molecule has 144 valence electrons. The third kappa shape index (κ3) is 3.47. The minimum absolute atomic E-state index is 0.223. The van der Waals surface area contributed by atoms with Crippen molar-refractivity contribution in [3.63, 3.8) is 0 Å². The SMILES string of the molecule is Cc1nc(CSc2nnc(-c3c[nH]c4ccccc34)n2CC2CCCO2)cs1. The van der Waals surface area contributed by atoms with E-state index in [1.165, 1.54) is 0 Å². The van der Waals surface area contributed by atoms with Gasteiger partial charge in [0, 0.05) is 40.4 Å². The minimum Gasteiger partial charge on any atom is -0.376 e. The van der Waals surface area contributed by atoms with E-state index in [0.29, 0.717) is 0 Å². The number of aromatic nitrogens is 5. The quantitative estimate of drug-likeness (QED) is 0.467. The normalized spacial score (nSPS) is 17.0. The van der Waals surface area contributed by atoms with Crippen LogP contribution in [-0.4, -0.2) is 37.4 Å². The highest BCUT2D eigenvalue weighted by Gasteiger charge is 2.23. The summed E-state index contributed by atoms with van der Waals surface area (Å²) in [6, 6.07) is 8.30. The van der Waals surface area contributed by atoms with E-state index in [2.05, 4.69) is 48.3 Å². The Kier molecular flexibility index (Phi) is 4.92. The highest BCUT2D eigenvalue weighted by atomic mass is 32.2. The van der Waals surface area contributed by atoms with Crippen molar-refractivity contribution in [1.29, 1.82) is 0 Å². The van der Waals surface area contributed by atoms with Crippen LogP contribution in [-0.2, 0) is 17.0 Å². The lowest BCUT2D eigenvalue weighted by Crippen LogP contribution is -2.16. The topological polar surface area (TPSA) is 68.6 Å². The van der Waals surface area contributed by atoms with E-state index in [1.54, 1.807) is 23.1 Å². The Morgan fingerprint density at radius 3 is 3.07 bits per heavy atom. The monoisotopic (exact) mass is 411 g/mol. The van der Waals surface area contributed by atoms with E-state index in [0.717, 1.165) is 69.9 Å². The van der Waals surface area contributed by atoms with Gasteiger partial charge < -0.3 is 9.72 Å². The molecule has 4 aromatic rings. The molecular formula is C20H21N5OS2. The molecule has 1 saturated heterocycles. The van der Waals surface area contributed by atoms with Crippen molar-refractivity contribution >= 4 is 34.0 Å². The molecule has 5 rings (SSSR count). The van der Waals surface area contributed by atoms with Crippen LogP contribution >= 0.6 is 23.1 Å². The molecular weight excluding hydrogens is 390 g/mol. The Hall–Kier alpha value is -2.16. The van der Waals surface area contributed by atoms with Crippen molar-refractivity contribution in [3.05, 3.63) is 46.5 Å². The number of fused-ring (bicyclic) bond motifs is 1. The first kappa shape index (κ1) is 17.9. The predicted molar refractivity (Wildman–Crippen MR) is 113 cm³/mol. The molecule has 1 aliphatic rings. The molecule has 1 aliphatic heterocycles. The molecule has 0 spiro atoms. The Balaban J connectivity index is 1.50. The maximum Gasteiger partial charge on any atom is 0.191 e. The lowest BCUT2D eigenvalue weighted by molar-refractivity contribution is 0.0953. The number of aromatic amines is 1. The van der Waals surface area contributed by atoms with E-state index in [4.69, 9.17) is 4.74 Å². The van der Waals surface area contributed by atoms with Gasteiger partial charge in [-0.1, -0.05) is 30.0 Å². The summed E-state index contributed by atoms with van der Waals surface area (Å²) in [5.41, 5.74) is 3.28. The first-order valence-corrected chi connectivity index (χ1v) is 11.3. The molecule has 28 heavy (non-hydrogen) atoms. The molecule has 4 heterocycles. The largest absolute Gasteiger partial charge is 0.376 e. The molecule has 6 nitrogen and oxygen atoms in total. The van der Waals surface area contributed by atoms with Crippen LogP contribution in [0, 0.1) is 6.92 Å². The molecule has 3 aromatic heterocycles. The van der Waals surface area contributed by atoms with Gasteiger partial charge >= 0.3 is 0 Å². The van der Waals surface area contributed by atoms with Crippen LogP contribution in [0.15, 0.2) is 41.0 Å². The first-order chi connectivity index (χ1) is 13.8. The van der Waals surface area contributed by atoms with Gasteiger partial charge in [0.25, 0.3) is 0 Å². The summed E-state index contributed by atoms with van der Waals surface area (Å²) in [4.78, 5) is 7.92. The zero-order valence-corrected chi connectivity index (χ0v) is 17.2. The Morgan fingerprint density at radius 1 is 1.32 bits per heavy atom. The molecule has 1 N–H and O–H groups in total. The average Bonchev–Trinajstić information content (AvgIpc) is 3.48. The molecule has 0 bridgehead atoms. The maximum atomic E-state index is 5.90. The van der Waals surface area contributed by atoms with Crippen LogP contribution < -0.4 is 0 Å². The number of H-pyrrole nitrogens is 1. The average molecular weight is 412 g/mol. The molecule has 1 unspecified atom stereocenters. The second kappa shape index (κ2) is 7.69. The van der Waals surface area contributed by atoms with Crippen molar-refractivity contribution in [3.8, 4) is 11.4 Å². The summed E-state index contributed by atoms with van der Waals surface area (Å²) in [7, 11) is 0. The number of thioether (sulfide) groups is 1. The van der Waals surface area contributed by atoms with Gasteiger partial charge in [0.2, 0.25) is 0 Å². The fourth-order valence-corrected chi connectivity index (χ4v) is 5.18. The minimum atomic E-state index is 0.223. The van der Waals surface area contributed by atoms with Gasteiger partial charge in [0.1, 0.15) is 0 Å². The van der Waals surface area contributed by atoms with Gasteiger partial charge in [-0.15, -0.1) is 21.5 Å². The third-order valence-corrected chi connectivity index (χ3v) is 6.80. The van der Waals surface area contributed by atoms with Gasteiger partial charge in [-0.2, -0.15) is 0 Å². The summed E-state index contributed by atoms with van der Waals surface area (Å²) in [5, 5.41) is 14.4. The zero-order valence-electron chi connectivity index (χ0n) is 15.6. The summed E-state index contributed by atoms with van der Waals surface area (Å²) in [5.74, 6) is 1.69. The molecule has 8 heteroatoms. The fraction of sp³-hybridized carbons (Fsp3) is 0.350. The molecule has 0 radical (unpaired) electrons. The number of nitrogens with one attached hydrogen (secondary N) is 1. The Morgan fingerprint density at radius 2 is 2.25 bits per heavy atom. The first-order valence-electron chi connectivity index (χ1n) is 9.43. The Bertz CT molecular complexity index is 1090. The van der Waals surface area contributed by atoms with Gasteiger partial charge in [-0.25, -0.2) is 4.98 Å². The standard InChI is InChI=1S/C20H21N5OS2/c1-13-22-14(11-27-13)12-28-20-24-23-19(25(20)10-15-5-4-8-26-15)17-9-21-18-7-3-2-6-16(17)18/h2-3,6-7,9,11,15,21H,4-5,8,10,12H2,1H3. The number of benzene rings is 1. The van der Waals surface area contributed by atoms with Gasteiger partial charge in [0.15, 0.2) is 11.0 Å². The predicted octanol–water partition coefficient (Wildman–Crippen LogP) is 4.66. The van der Waals surface area contributed by atoms with Crippen molar-refractivity contribution < 1.29 is 4.74 Å². The smallest absolute Gasteiger partial charge is 0.191 e. The van der Waals surface area contributed by atoms with Crippen LogP contribution in [0.25, 0.3) is 22.3 Å². The fourth-order valence-electron chi connectivity index (χ4n) is 3.62. The van der Waals surface area contributed by atoms with Crippen molar-refractivity contribution in [1.82, 2.24) is 24.7 Å². The number of para-hydroxylation sites is 1. The summed E-state index contributed by atoms with van der Waals surface area (Å²) in [6.45, 7) is 3.66. The second-order valence-corrected chi connectivity index (χ2v) is 8.95. The van der Waals surface area contributed by atoms with Gasteiger partial charge in [0.05, 0.1) is 23.4 Å². The molecule has 1 aromatic carbocycles. The van der Waals surface area contributed by atoms with Crippen molar-refractivity contribution in [2.45, 2.75) is 43.3 Å². The second-order valence-electron chi connectivity index (χ2n) is 6.95. The van der Waals surface area contributed by atoms with Crippen LogP contribution in [0.2, 0.25) is 0 Å². The van der Waals surface area contributed by atoms with Crippen LogP contribution in [0.1, 0.15) is 23.5 Å². The number of nitrogens with zero attached hydrogens (tertiary/aromatic N) is 4. The summed E-state index contributed by atoms with van der Waals surface area (Å²) in [6.07, 6.45) is 4.45. The van der Waals surface area contributed by atoms with E-state index in [9.17, 15) is 0 Å². The van der Waals surface area contributed by atoms with Gasteiger partial charge in [-0.05, 0) is 25.8 Å². The van der Waals surface area contributed by atoms with E-state index in [-0.39, 0.29) is 6.10 Å². The van der Waals surface area contributed by atoms with E-state index < -0.39 is 0 Å². The third-order valence-electron chi connectivity index (χ3n) is 4.97. The number of hydrogen-bond donors (Lipinski definition) is 1. The highest BCUT2D eigenvalue weighted by Crippen LogP contribution is 2.32. The van der Waals surface area contributed by atoms with Crippen molar-refractivity contribution in [2.75, 3.05) is 6.61 Å². The number of aryl methyl sites for hydroxylation is 1. The van der Waals surface area contributed by atoms with E-state index >= 15 is 0 Å². The summed E-state index contributed by atoms with van der Waals surface area (Å²) < 4.78 is 8.12. The van der Waals surface area contributed by atoms with E-state index in [1.807, 2.05) is 19.2 Å². The number of rotatable bonds is 6. The Labute approximate surface area is 171 Å². The molecule has 0 amide bonds. The number of thiazole rings is 1. The van der Waals surface area contributed by atoms with Crippen LogP contribution in [0.5, 0.6) is 0 Å². The lowest BCUT2D eigenvalue weighted by atomic mass is 10.1.